The van der Waals surface area contributed by atoms with Crippen molar-refractivity contribution in [2.75, 3.05) is 13.2 Å². The maximum absolute atomic E-state index is 12.8. The molecule has 0 unspecified atom stereocenters. The molecule has 3 aromatic rings. The number of carbonyl (C=O) groups is 2. The van der Waals surface area contributed by atoms with Crippen LogP contribution in [-0.4, -0.2) is 40.3 Å². The quantitative estimate of drug-likeness (QED) is 0.283. The van der Waals surface area contributed by atoms with Gasteiger partial charge in [0, 0.05) is 23.6 Å². The lowest BCUT2D eigenvalue weighted by Gasteiger charge is -2.15. The zero-order valence-corrected chi connectivity index (χ0v) is 18.3. The van der Waals surface area contributed by atoms with Gasteiger partial charge in [-0.2, -0.15) is 0 Å². The summed E-state index contributed by atoms with van der Waals surface area (Å²) in [6, 6.07) is 16.1. The van der Waals surface area contributed by atoms with Crippen molar-refractivity contribution in [2.24, 2.45) is 0 Å². The molecule has 0 saturated carbocycles. The lowest BCUT2D eigenvalue weighted by molar-refractivity contribution is 0.0693. The van der Waals surface area contributed by atoms with E-state index in [2.05, 4.69) is 0 Å². The normalized spacial score (nSPS) is 10.6. The van der Waals surface area contributed by atoms with E-state index in [1.165, 1.54) is 18.2 Å². The van der Waals surface area contributed by atoms with Crippen molar-refractivity contribution < 1.29 is 34.4 Å². The van der Waals surface area contributed by atoms with Crippen molar-refractivity contribution in [3.05, 3.63) is 82.9 Å². The minimum Gasteiger partial charge on any atom is -0.507 e. The van der Waals surface area contributed by atoms with Crippen LogP contribution in [0.15, 0.2) is 60.7 Å². The van der Waals surface area contributed by atoms with E-state index in [9.17, 15) is 19.8 Å². The molecule has 0 saturated heterocycles. The van der Waals surface area contributed by atoms with Crippen LogP contribution in [0.3, 0.4) is 0 Å². The first-order valence-electron chi connectivity index (χ1n) is 10.7. The van der Waals surface area contributed by atoms with Gasteiger partial charge in [0.25, 0.3) is 0 Å². The summed E-state index contributed by atoms with van der Waals surface area (Å²) in [5.41, 5.74) is 1.14. The van der Waals surface area contributed by atoms with Crippen LogP contribution in [0.2, 0.25) is 0 Å². The standard InChI is InChI=1S/C26H26O7/c1-2-7-20-23(13-12-21(25(20)29)24(28)17-8-4-3-5-9-17)33-15-6-14-32-18-10-11-19(26(30)31)22(27)16-18/h3-5,8-13,16,27,29H,2,6-7,14-15H2,1H3,(H,30,31). The van der Waals surface area contributed by atoms with E-state index in [1.807, 2.05) is 13.0 Å². The summed E-state index contributed by atoms with van der Waals surface area (Å²) in [4.78, 5) is 23.7. The molecule has 0 aliphatic heterocycles. The second-order valence-electron chi connectivity index (χ2n) is 7.42. The largest absolute Gasteiger partial charge is 0.507 e. The van der Waals surface area contributed by atoms with Crippen LogP contribution in [0.1, 0.15) is 51.6 Å². The summed E-state index contributed by atoms with van der Waals surface area (Å²) in [5, 5.41) is 29.4. The summed E-state index contributed by atoms with van der Waals surface area (Å²) in [5.74, 6) is -1.01. The van der Waals surface area contributed by atoms with Gasteiger partial charge in [-0.25, -0.2) is 4.79 Å². The number of rotatable bonds is 11. The topological polar surface area (TPSA) is 113 Å². The first-order chi connectivity index (χ1) is 15.9. The first kappa shape index (κ1) is 23.7. The average Bonchev–Trinajstić information content (AvgIpc) is 2.81. The molecule has 0 amide bonds. The van der Waals surface area contributed by atoms with Gasteiger partial charge < -0.3 is 24.8 Å². The van der Waals surface area contributed by atoms with Gasteiger partial charge in [-0.05, 0) is 30.7 Å². The molecule has 3 aromatic carbocycles. The van der Waals surface area contributed by atoms with Crippen LogP contribution >= 0.6 is 0 Å². The number of ketones is 1. The Morgan fingerprint density at radius 3 is 2.24 bits per heavy atom. The molecular weight excluding hydrogens is 424 g/mol. The van der Waals surface area contributed by atoms with Crippen LogP contribution in [0, 0.1) is 0 Å². The summed E-state index contributed by atoms with van der Waals surface area (Å²) < 4.78 is 11.4. The molecule has 0 atom stereocenters. The number of carbonyl (C=O) groups excluding carboxylic acids is 1. The van der Waals surface area contributed by atoms with E-state index in [4.69, 9.17) is 14.6 Å². The van der Waals surface area contributed by atoms with Gasteiger partial charge in [0.05, 0.1) is 18.8 Å². The molecule has 0 spiro atoms. The van der Waals surface area contributed by atoms with Gasteiger partial charge in [0.15, 0.2) is 5.78 Å². The number of aromatic hydroxyl groups is 2. The highest BCUT2D eigenvalue weighted by molar-refractivity contribution is 6.11. The lowest BCUT2D eigenvalue weighted by Crippen LogP contribution is -2.08. The molecule has 33 heavy (non-hydrogen) atoms. The third kappa shape index (κ3) is 5.83. The Morgan fingerprint density at radius 1 is 0.879 bits per heavy atom. The van der Waals surface area contributed by atoms with Crippen molar-refractivity contribution in [1.29, 1.82) is 0 Å². The molecule has 0 aliphatic rings. The Labute approximate surface area is 191 Å². The van der Waals surface area contributed by atoms with Crippen LogP contribution in [0.4, 0.5) is 0 Å². The Kier molecular flexibility index (Phi) is 7.91. The van der Waals surface area contributed by atoms with Crippen LogP contribution in [-0.2, 0) is 6.42 Å². The summed E-state index contributed by atoms with van der Waals surface area (Å²) in [6.45, 7) is 2.57. The third-order valence-corrected chi connectivity index (χ3v) is 5.03. The summed E-state index contributed by atoms with van der Waals surface area (Å²) >= 11 is 0. The van der Waals surface area contributed by atoms with Gasteiger partial charge in [-0.3, -0.25) is 4.79 Å². The van der Waals surface area contributed by atoms with Gasteiger partial charge in [-0.1, -0.05) is 43.7 Å². The predicted octanol–water partition coefficient (Wildman–Crippen LogP) is 4.83. The molecule has 0 aromatic heterocycles. The van der Waals surface area contributed by atoms with Gasteiger partial charge in [0.1, 0.15) is 28.6 Å². The Morgan fingerprint density at radius 2 is 1.58 bits per heavy atom. The lowest BCUT2D eigenvalue weighted by atomic mass is 9.97. The smallest absolute Gasteiger partial charge is 0.339 e. The van der Waals surface area contributed by atoms with Crippen LogP contribution in [0.5, 0.6) is 23.0 Å². The molecule has 7 heteroatoms. The molecule has 0 bridgehead atoms. The molecule has 0 fully saturated rings. The highest BCUT2D eigenvalue weighted by Crippen LogP contribution is 2.34. The molecule has 3 N–H and O–H groups in total. The minimum absolute atomic E-state index is 0.0616. The SMILES string of the molecule is CCCc1c(OCCCOc2ccc(C(=O)O)c(O)c2)ccc(C(=O)c2ccccc2)c1O. The van der Waals surface area contributed by atoms with E-state index in [1.54, 1.807) is 36.4 Å². The molecule has 0 radical (unpaired) electrons. The number of aromatic carboxylic acids is 1. The zero-order valence-electron chi connectivity index (χ0n) is 18.3. The average molecular weight is 450 g/mol. The number of benzene rings is 3. The van der Waals surface area contributed by atoms with E-state index < -0.39 is 5.97 Å². The molecule has 7 nitrogen and oxygen atoms in total. The molecular formula is C26H26O7. The van der Waals surface area contributed by atoms with Crippen molar-refractivity contribution in [3.63, 3.8) is 0 Å². The fourth-order valence-corrected chi connectivity index (χ4v) is 3.39. The maximum Gasteiger partial charge on any atom is 0.339 e. The maximum atomic E-state index is 12.8. The second-order valence-corrected chi connectivity index (χ2v) is 7.42. The molecule has 0 heterocycles. The van der Waals surface area contributed by atoms with E-state index >= 15 is 0 Å². The highest BCUT2D eigenvalue weighted by atomic mass is 16.5. The number of phenolic OH excluding ortho intramolecular Hbond substituents is 1. The van der Waals surface area contributed by atoms with Crippen LogP contribution in [0.25, 0.3) is 0 Å². The number of hydrogen-bond donors (Lipinski definition) is 3. The number of hydrogen-bond acceptors (Lipinski definition) is 6. The Hall–Kier alpha value is -4.00. The number of carboxylic acids is 1. The fourth-order valence-electron chi connectivity index (χ4n) is 3.39. The fraction of sp³-hybridized carbons (Fsp3) is 0.231. The second kappa shape index (κ2) is 11.0. The van der Waals surface area contributed by atoms with Gasteiger partial charge >= 0.3 is 5.97 Å². The summed E-state index contributed by atoms with van der Waals surface area (Å²) in [7, 11) is 0. The molecule has 172 valence electrons. The molecule has 3 rings (SSSR count). The number of phenols is 2. The van der Waals surface area contributed by atoms with Crippen molar-refractivity contribution >= 4 is 11.8 Å². The predicted molar refractivity (Wildman–Crippen MR) is 123 cm³/mol. The van der Waals surface area contributed by atoms with E-state index in [0.29, 0.717) is 42.1 Å². The molecule has 0 aliphatic carbocycles. The Balaban J connectivity index is 1.61. The minimum atomic E-state index is -1.21. The van der Waals surface area contributed by atoms with Crippen LogP contribution < -0.4 is 9.47 Å². The van der Waals surface area contributed by atoms with Crippen molar-refractivity contribution in [1.82, 2.24) is 0 Å². The Bertz CT molecular complexity index is 1120. The summed E-state index contributed by atoms with van der Waals surface area (Å²) in [6.07, 6.45) is 1.84. The third-order valence-electron chi connectivity index (χ3n) is 5.03. The first-order valence-corrected chi connectivity index (χ1v) is 10.7. The zero-order chi connectivity index (χ0) is 23.8. The number of carboxylic acid groups (broad SMARTS) is 1. The van der Waals surface area contributed by atoms with E-state index in [0.717, 1.165) is 6.42 Å². The number of ether oxygens (including phenoxy) is 2. The van der Waals surface area contributed by atoms with Gasteiger partial charge in [-0.15, -0.1) is 0 Å². The van der Waals surface area contributed by atoms with Gasteiger partial charge in [0.2, 0.25) is 0 Å². The highest BCUT2D eigenvalue weighted by Gasteiger charge is 2.19. The van der Waals surface area contributed by atoms with E-state index in [-0.39, 0.29) is 35.0 Å². The van der Waals surface area contributed by atoms with Crippen molar-refractivity contribution in [2.45, 2.75) is 26.2 Å². The monoisotopic (exact) mass is 450 g/mol. The van der Waals surface area contributed by atoms with Crippen molar-refractivity contribution in [3.8, 4) is 23.0 Å².